The molecular weight excluding hydrogens is 294 g/mol. The van der Waals surface area contributed by atoms with E-state index in [4.69, 9.17) is 10.3 Å². The summed E-state index contributed by atoms with van der Waals surface area (Å²) in [6.45, 7) is 7.10. The number of hydrogen-bond donors (Lipinski definition) is 2. The first kappa shape index (κ1) is 17.3. The Labute approximate surface area is 137 Å². The van der Waals surface area contributed by atoms with Crippen molar-refractivity contribution in [2.24, 2.45) is 16.6 Å². The van der Waals surface area contributed by atoms with Crippen molar-refractivity contribution in [2.45, 2.75) is 46.1 Å². The van der Waals surface area contributed by atoms with Crippen LogP contribution in [0.15, 0.2) is 15.6 Å². The van der Waals surface area contributed by atoms with Crippen LogP contribution in [0.4, 0.5) is 0 Å². The van der Waals surface area contributed by atoms with Gasteiger partial charge in [0.2, 0.25) is 5.91 Å². The second kappa shape index (κ2) is 8.55. The molecule has 1 saturated heterocycles. The average Bonchev–Trinajstić information content (AvgIpc) is 2.99. The van der Waals surface area contributed by atoms with Crippen LogP contribution < -0.4 is 11.1 Å². The molecule has 1 aliphatic rings. The number of guanidine groups is 1. The molecule has 0 aliphatic carbocycles. The molecule has 7 heteroatoms. The molecule has 2 rings (SSSR count). The zero-order valence-electron chi connectivity index (χ0n) is 14.0. The Hall–Kier alpha value is -2.05. The number of nitrogens with one attached hydrogen (secondary N) is 1. The Morgan fingerprint density at radius 2 is 2.39 bits per heavy atom. The molecule has 1 amide bonds. The Kier molecular flexibility index (Phi) is 6.43. The minimum Gasteiger partial charge on any atom is -0.370 e. The number of carbonyl (C=O) groups excluding carboxylic acids is 1. The number of primary amides is 1. The number of piperidine rings is 1. The largest absolute Gasteiger partial charge is 0.370 e. The second-order valence-corrected chi connectivity index (χ2v) is 5.93. The maximum absolute atomic E-state index is 11.1. The Morgan fingerprint density at radius 3 is 3.04 bits per heavy atom. The van der Waals surface area contributed by atoms with Gasteiger partial charge in [0, 0.05) is 32.1 Å². The van der Waals surface area contributed by atoms with Crippen LogP contribution in [0.2, 0.25) is 0 Å². The molecule has 0 saturated carbocycles. The number of hydrogen-bond acceptors (Lipinski definition) is 4. The van der Waals surface area contributed by atoms with Gasteiger partial charge in [-0.1, -0.05) is 12.1 Å². The first-order chi connectivity index (χ1) is 11.1. The smallest absolute Gasteiger partial charge is 0.217 e. The topological polar surface area (TPSA) is 96.8 Å². The quantitative estimate of drug-likeness (QED) is 0.608. The lowest BCUT2D eigenvalue weighted by Gasteiger charge is -2.34. The number of nitrogens with two attached hydrogens (primary N) is 1. The van der Waals surface area contributed by atoms with Crippen molar-refractivity contribution in [3.8, 4) is 0 Å². The van der Waals surface area contributed by atoms with Crippen LogP contribution >= 0.6 is 0 Å². The molecule has 1 aliphatic heterocycles. The normalized spacial score (nSPS) is 19.0. The van der Waals surface area contributed by atoms with Gasteiger partial charge in [0.05, 0.1) is 5.69 Å². The van der Waals surface area contributed by atoms with Crippen LogP contribution in [0.25, 0.3) is 0 Å². The lowest BCUT2D eigenvalue weighted by molar-refractivity contribution is -0.119. The highest BCUT2D eigenvalue weighted by Gasteiger charge is 2.23. The molecule has 0 spiro atoms. The Balaban J connectivity index is 2.01. The third-order valence-electron chi connectivity index (χ3n) is 4.00. The predicted molar refractivity (Wildman–Crippen MR) is 88.8 cm³/mol. The fourth-order valence-corrected chi connectivity index (χ4v) is 2.88. The van der Waals surface area contributed by atoms with Gasteiger partial charge < -0.3 is 20.5 Å². The van der Waals surface area contributed by atoms with Crippen molar-refractivity contribution < 1.29 is 9.32 Å². The summed E-state index contributed by atoms with van der Waals surface area (Å²) in [6.07, 6.45) is 3.39. The van der Waals surface area contributed by atoms with E-state index in [0.29, 0.717) is 18.9 Å². The summed E-state index contributed by atoms with van der Waals surface area (Å²) in [7, 11) is 0. The number of carbonyl (C=O) groups is 1. The molecule has 7 nitrogen and oxygen atoms in total. The summed E-state index contributed by atoms with van der Waals surface area (Å²) in [4.78, 5) is 18.0. The predicted octanol–water partition coefficient (Wildman–Crippen LogP) is 1.29. The van der Waals surface area contributed by atoms with Crippen molar-refractivity contribution in [3.05, 3.63) is 17.5 Å². The first-order valence-corrected chi connectivity index (χ1v) is 8.38. The van der Waals surface area contributed by atoms with E-state index in [1.54, 1.807) is 0 Å². The zero-order valence-corrected chi connectivity index (χ0v) is 14.0. The van der Waals surface area contributed by atoms with Crippen molar-refractivity contribution in [3.63, 3.8) is 0 Å². The summed E-state index contributed by atoms with van der Waals surface area (Å²) in [5.74, 6) is 1.70. The number of aryl methyl sites for hydroxylation is 1. The van der Waals surface area contributed by atoms with Crippen molar-refractivity contribution in [1.29, 1.82) is 0 Å². The summed E-state index contributed by atoms with van der Waals surface area (Å²) < 4.78 is 5.28. The molecule has 0 radical (unpaired) electrons. The molecule has 23 heavy (non-hydrogen) atoms. The number of amides is 1. The molecule has 128 valence electrons. The van der Waals surface area contributed by atoms with Gasteiger partial charge in [-0.05, 0) is 32.1 Å². The van der Waals surface area contributed by atoms with Crippen molar-refractivity contribution in [2.75, 3.05) is 19.6 Å². The Bertz CT molecular complexity index is 540. The minimum absolute atomic E-state index is 0.229. The molecule has 1 aromatic heterocycles. The van der Waals surface area contributed by atoms with Crippen LogP contribution in [0.3, 0.4) is 0 Å². The van der Waals surface area contributed by atoms with Gasteiger partial charge in [-0.15, -0.1) is 0 Å². The maximum Gasteiger partial charge on any atom is 0.217 e. The van der Waals surface area contributed by atoms with E-state index in [1.165, 1.54) is 0 Å². The number of rotatable bonds is 6. The third-order valence-corrected chi connectivity index (χ3v) is 4.00. The van der Waals surface area contributed by atoms with E-state index in [9.17, 15) is 4.79 Å². The number of aliphatic imine (C=N–C) groups is 1. The molecular formula is C16H27N5O2. The molecule has 1 atom stereocenters. The molecule has 2 heterocycles. The van der Waals surface area contributed by atoms with Gasteiger partial charge in [-0.3, -0.25) is 4.79 Å². The molecule has 3 N–H and O–H groups in total. The molecule has 0 bridgehead atoms. The minimum atomic E-state index is -0.229. The van der Waals surface area contributed by atoms with E-state index >= 15 is 0 Å². The van der Waals surface area contributed by atoms with E-state index in [-0.39, 0.29) is 5.91 Å². The molecule has 1 fully saturated rings. The zero-order chi connectivity index (χ0) is 16.7. The van der Waals surface area contributed by atoms with Gasteiger partial charge in [0.25, 0.3) is 0 Å². The molecule has 1 unspecified atom stereocenters. The monoisotopic (exact) mass is 321 g/mol. The van der Waals surface area contributed by atoms with E-state index in [0.717, 1.165) is 56.3 Å². The Morgan fingerprint density at radius 1 is 1.57 bits per heavy atom. The third kappa shape index (κ3) is 5.26. The van der Waals surface area contributed by atoms with Crippen molar-refractivity contribution >= 4 is 11.9 Å². The fourth-order valence-electron chi connectivity index (χ4n) is 2.88. The van der Waals surface area contributed by atoms with Gasteiger partial charge in [0.1, 0.15) is 6.54 Å². The van der Waals surface area contributed by atoms with E-state index in [2.05, 4.69) is 20.4 Å². The van der Waals surface area contributed by atoms with Crippen LogP contribution in [-0.2, 0) is 17.8 Å². The van der Waals surface area contributed by atoms with Crippen LogP contribution in [-0.4, -0.2) is 41.6 Å². The lowest BCUT2D eigenvalue weighted by Crippen LogP contribution is -2.47. The van der Waals surface area contributed by atoms with Gasteiger partial charge in [-0.25, -0.2) is 4.99 Å². The average molecular weight is 321 g/mol. The number of aromatic nitrogens is 1. The maximum atomic E-state index is 11.1. The highest BCUT2D eigenvalue weighted by atomic mass is 16.5. The summed E-state index contributed by atoms with van der Waals surface area (Å²) in [5.41, 5.74) is 6.28. The second-order valence-electron chi connectivity index (χ2n) is 5.93. The molecule has 1 aromatic rings. The van der Waals surface area contributed by atoms with E-state index < -0.39 is 0 Å². The molecule has 0 aromatic carbocycles. The highest BCUT2D eigenvalue weighted by molar-refractivity contribution is 5.80. The summed E-state index contributed by atoms with van der Waals surface area (Å²) >= 11 is 0. The van der Waals surface area contributed by atoms with Gasteiger partial charge >= 0.3 is 0 Å². The van der Waals surface area contributed by atoms with Crippen LogP contribution in [0, 0.1) is 5.92 Å². The number of likely N-dealkylation sites (tertiary alicyclic amines) is 1. The SMILES string of the molecule is CCNC(=NCc1cc(CC)no1)N1CCCC(CC(N)=O)C1. The van der Waals surface area contributed by atoms with E-state index in [1.807, 2.05) is 19.9 Å². The number of nitrogens with zero attached hydrogens (tertiary/aromatic N) is 3. The summed E-state index contributed by atoms with van der Waals surface area (Å²) in [5, 5.41) is 7.30. The van der Waals surface area contributed by atoms with Crippen molar-refractivity contribution in [1.82, 2.24) is 15.4 Å². The fraction of sp³-hybridized carbons (Fsp3) is 0.688. The van der Waals surface area contributed by atoms with Crippen LogP contribution in [0.5, 0.6) is 0 Å². The first-order valence-electron chi connectivity index (χ1n) is 8.38. The van der Waals surface area contributed by atoms with Gasteiger partial charge in [-0.2, -0.15) is 0 Å². The van der Waals surface area contributed by atoms with Gasteiger partial charge in [0.15, 0.2) is 11.7 Å². The van der Waals surface area contributed by atoms with Crippen LogP contribution in [0.1, 0.15) is 44.6 Å². The highest BCUT2D eigenvalue weighted by Crippen LogP contribution is 2.19. The standard InChI is InChI=1S/C16H27N5O2/c1-3-13-9-14(23-20-13)10-19-16(18-4-2)21-7-5-6-12(11-21)8-15(17)22/h9,12H,3-8,10-11H2,1-2H3,(H2,17,22)(H,18,19). The lowest BCUT2D eigenvalue weighted by atomic mass is 9.95. The summed E-state index contributed by atoms with van der Waals surface area (Å²) in [6, 6.07) is 1.94.